The summed E-state index contributed by atoms with van der Waals surface area (Å²) in [6.45, 7) is -0.794. The van der Waals surface area contributed by atoms with Gasteiger partial charge in [-0.1, -0.05) is 30.0 Å². The second-order valence-electron chi connectivity index (χ2n) is 6.83. The van der Waals surface area contributed by atoms with Gasteiger partial charge in [-0.3, -0.25) is 9.79 Å². The quantitative estimate of drug-likeness (QED) is 0.365. The van der Waals surface area contributed by atoms with Crippen LogP contribution in [0.25, 0.3) is 10.9 Å². The molecule has 170 valence electrons. The number of benzene rings is 1. The van der Waals surface area contributed by atoms with E-state index in [4.69, 9.17) is 4.74 Å². The summed E-state index contributed by atoms with van der Waals surface area (Å²) in [6, 6.07) is 9.10. The first kappa shape index (κ1) is 22.7. The van der Waals surface area contributed by atoms with Crippen LogP contribution in [0.4, 0.5) is 14.5 Å². The first-order chi connectivity index (χ1) is 15.3. The van der Waals surface area contributed by atoms with Gasteiger partial charge in [-0.05, 0) is 30.5 Å². The number of thioether (sulfide) groups is 1. The van der Waals surface area contributed by atoms with Gasteiger partial charge in [0.05, 0.1) is 36.5 Å². The molecule has 3 aromatic rings. The Kier molecular flexibility index (Phi) is 6.54. The van der Waals surface area contributed by atoms with Gasteiger partial charge >= 0.3 is 12.5 Å². The summed E-state index contributed by atoms with van der Waals surface area (Å²) in [7, 11) is -4.44. The number of H-pyrrole nitrogens is 1. The lowest BCUT2D eigenvalue weighted by molar-refractivity contribution is -0.143. The number of thiophene rings is 1. The normalized spacial score (nSPS) is 16.5. The molecular weight excluding hydrogens is 480 g/mol. The van der Waals surface area contributed by atoms with Gasteiger partial charge in [-0.15, -0.1) is 11.3 Å². The summed E-state index contributed by atoms with van der Waals surface area (Å²) in [4.78, 5) is 19.2. The highest BCUT2D eigenvalue weighted by Gasteiger charge is 2.34. The fraction of sp³-hybridized carbons (Fsp3) is 0.300. The summed E-state index contributed by atoms with van der Waals surface area (Å²) < 4.78 is 58.8. The molecule has 1 aromatic carbocycles. The van der Waals surface area contributed by atoms with Crippen molar-refractivity contribution in [2.75, 3.05) is 17.5 Å². The van der Waals surface area contributed by atoms with Gasteiger partial charge in [0.2, 0.25) is 0 Å². The highest BCUT2D eigenvalue weighted by atomic mass is 32.2. The van der Waals surface area contributed by atoms with Gasteiger partial charge in [0, 0.05) is 10.6 Å². The summed E-state index contributed by atoms with van der Waals surface area (Å²) in [5.41, 5.74) is 0.690. The lowest BCUT2D eigenvalue weighted by Crippen LogP contribution is -2.35. The number of aromatic nitrogens is 1. The SMILES string of the molecule is CCOC(=O)CC1CN=C(c2cc3cccc(N(C(F)F)S(=O)(=O)c4cccs4)c3[nH]2)S1. The van der Waals surface area contributed by atoms with Crippen molar-refractivity contribution in [3.05, 3.63) is 47.5 Å². The molecule has 0 spiro atoms. The van der Waals surface area contributed by atoms with E-state index >= 15 is 0 Å². The van der Waals surface area contributed by atoms with Crippen molar-refractivity contribution in [1.82, 2.24) is 4.98 Å². The van der Waals surface area contributed by atoms with E-state index in [2.05, 4.69) is 9.98 Å². The third-order valence-corrected chi connectivity index (χ3v) is 9.03. The number of carbonyl (C=O) groups excluding carboxylic acids is 1. The van der Waals surface area contributed by atoms with Crippen molar-refractivity contribution >= 4 is 60.7 Å². The third kappa shape index (κ3) is 4.39. The zero-order valence-electron chi connectivity index (χ0n) is 16.8. The number of para-hydroxylation sites is 1. The number of sulfonamides is 1. The Hall–Kier alpha value is -2.44. The van der Waals surface area contributed by atoms with Crippen molar-refractivity contribution in [1.29, 1.82) is 0 Å². The van der Waals surface area contributed by atoms with Crippen LogP contribution < -0.4 is 4.31 Å². The third-order valence-electron chi connectivity index (χ3n) is 4.70. The molecule has 1 N–H and O–H groups in total. The number of carbonyl (C=O) groups is 1. The maximum Gasteiger partial charge on any atom is 0.328 e. The maximum atomic E-state index is 14.0. The molecular formula is C20H19F2N3O4S3. The number of aromatic amines is 1. The molecule has 32 heavy (non-hydrogen) atoms. The van der Waals surface area contributed by atoms with Crippen LogP contribution >= 0.6 is 23.1 Å². The van der Waals surface area contributed by atoms with Crippen molar-refractivity contribution in [3.63, 3.8) is 0 Å². The lowest BCUT2D eigenvalue weighted by atomic mass is 10.2. The number of alkyl halides is 2. The highest BCUT2D eigenvalue weighted by molar-refractivity contribution is 8.15. The van der Waals surface area contributed by atoms with Crippen LogP contribution in [0.2, 0.25) is 0 Å². The number of ether oxygens (including phenoxy) is 1. The van der Waals surface area contributed by atoms with E-state index in [9.17, 15) is 22.0 Å². The zero-order chi connectivity index (χ0) is 22.9. The standard InChI is InChI=1S/C20H19F2N3O4S3/c1-2-29-16(26)10-13-11-23-19(31-13)14-9-12-5-3-6-15(18(12)24-14)25(20(21)22)32(27,28)17-7-4-8-30-17/h3-9,13,20,24H,2,10-11H2,1H3. The molecule has 0 fully saturated rings. The van der Waals surface area contributed by atoms with Crippen LogP contribution in [-0.2, 0) is 19.6 Å². The number of fused-ring (bicyclic) bond motifs is 1. The van der Waals surface area contributed by atoms with Crippen molar-refractivity contribution in [2.24, 2.45) is 4.99 Å². The lowest BCUT2D eigenvalue weighted by Gasteiger charge is -2.23. The average molecular weight is 500 g/mol. The van der Waals surface area contributed by atoms with Crippen LogP contribution in [0, 0.1) is 0 Å². The summed E-state index contributed by atoms with van der Waals surface area (Å²) >= 11 is 2.27. The molecule has 1 atom stereocenters. The van der Waals surface area contributed by atoms with Crippen LogP contribution in [0.3, 0.4) is 0 Å². The monoisotopic (exact) mass is 499 g/mol. The smallest absolute Gasteiger partial charge is 0.328 e. The van der Waals surface area contributed by atoms with Gasteiger partial charge in [0.15, 0.2) is 0 Å². The molecule has 0 amide bonds. The van der Waals surface area contributed by atoms with E-state index in [-0.39, 0.29) is 37.4 Å². The number of anilines is 1. The molecule has 2 aromatic heterocycles. The number of nitrogens with one attached hydrogen (secondary N) is 1. The van der Waals surface area contributed by atoms with Crippen LogP contribution in [0.15, 0.2) is 51.0 Å². The van der Waals surface area contributed by atoms with E-state index in [0.29, 0.717) is 29.3 Å². The van der Waals surface area contributed by atoms with Gasteiger partial charge < -0.3 is 9.72 Å². The molecule has 0 radical (unpaired) electrons. The van der Waals surface area contributed by atoms with E-state index in [1.165, 1.54) is 41.4 Å². The Labute approximate surface area is 191 Å². The number of esters is 1. The molecule has 1 aliphatic rings. The number of hydrogen-bond donors (Lipinski definition) is 1. The second-order valence-corrected chi connectivity index (χ2v) is 11.1. The molecule has 12 heteroatoms. The minimum absolute atomic E-state index is 0.0771. The van der Waals surface area contributed by atoms with Crippen LogP contribution in [0.1, 0.15) is 19.0 Å². The fourth-order valence-electron chi connectivity index (χ4n) is 3.36. The second kappa shape index (κ2) is 9.20. The Morgan fingerprint density at radius 3 is 2.84 bits per heavy atom. The predicted molar refractivity (Wildman–Crippen MR) is 122 cm³/mol. The molecule has 1 unspecified atom stereocenters. The van der Waals surface area contributed by atoms with Crippen molar-refractivity contribution < 1.29 is 26.7 Å². The first-order valence-electron chi connectivity index (χ1n) is 9.66. The first-order valence-corrected chi connectivity index (χ1v) is 12.9. The number of aliphatic imine (C=N–C) groups is 1. The predicted octanol–water partition coefficient (Wildman–Crippen LogP) is 4.46. The molecule has 7 nitrogen and oxygen atoms in total. The Morgan fingerprint density at radius 2 is 2.16 bits per heavy atom. The summed E-state index contributed by atoms with van der Waals surface area (Å²) in [6.07, 6.45) is 0.217. The van der Waals surface area contributed by atoms with E-state index in [0.717, 1.165) is 11.3 Å². The number of halogens is 2. The molecule has 3 heterocycles. The summed E-state index contributed by atoms with van der Waals surface area (Å²) in [5.74, 6) is -0.299. The molecule has 0 saturated heterocycles. The maximum absolute atomic E-state index is 14.0. The molecule has 4 rings (SSSR count). The molecule has 0 saturated carbocycles. The Balaban J connectivity index is 1.66. The van der Waals surface area contributed by atoms with Gasteiger partial charge in [-0.2, -0.15) is 8.78 Å². The summed E-state index contributed by atoms with van der Waals surface area (Å²) in [5, 5.41) is 2.64. The fourth-order valence-corrected chi connectivity index (χ4v) is 6.84. The minimum atomic E-state index is -4.44. The number of nitrogens with zero attached hydrogens (tertiary/aromatic N) is 2. The Bertz CT molecular complexity index is 1260. The van der Waals surface area contributed by atoms with Crippen molar-refractivity contribution in [2.45, 2.75) is 29.4 Å². The van der Waals surface area contributed by atoms with Gasteiger partial charge in [0.25, 0.3) is 10.0 Å². The van der Waals surface area contributed by atoms with Crippen LogP contribution in [-0.4, -0.2) is 49.4 Å². The van der Waals surface area contributed by atoms with Gasteiger partial charge in [0.1, 0.15) is 9.25 Å². The van der Waals surface area contributed by atoms with E-state index in [1.807, 2.05) is 0 Å². The van der Waals surface area contributed by atoms with E-state index in [1.54, 1.807) is 19.1 Å². The number of hydrogen-bond acceptors (Lipinski definition) is 7. The highest BCUT2D eigenvalue weighted by Crippen LogP contribution is 2.36. The van der Waals surface area contributed by atoms with Crippen molar-refractivity contribution in [3.8, 4) is 0 Å². The van der Waals surface area contributed by atoms with Gasteiger partial charge in [-0.25, -0.2) is 12.7 Å². The largest absolute Gasteiger partial charge is 0.466 e. The number of rotatable bonds is 8. The minimum Gasteiger partial charge on any atom is -0.466 e. The molecule has 1 aliphatic heterocycles. The topological polar surface area (TPSA) is 91.8 Å². The molecule has 0 aliphatic carbocycles. The van der Waals surface area contributed by atoms with Crippen LogP contribution in [0.5, 0.6) is 0 Å². The zero-order valence-corrected chi connectivity index (χ0v) is 19.3. The molecule has 0 bridgehead atoms. The average Bonchev–Trinajstić information content (AvgIpc) is 3.48. The Morgan fingerprint density at radius 1 is 1.34 bits per heavy atom. The van der Waals surface area contributed by atoms with E-state index < -0.39 is 16.6 Å².